The maximum atomic E-state index is 12.5. The zero-order valence-electron chi connectivity index (χ0n) is 16.1. The number of amides is 2. The minimum absolute atomic E-state index is 0.0531. The van der Waals surface area contributed by atoms with E-state index in [1.807, 2.05) is 62.4 Å². The first-order valence-corrected chi connectivity index (χ1v) is 10.4. The maximum Gasteiger partial charge on any atom is 0.255 e. The molecule has 3 aromatic carbocycles. The number of hydrogen-bond acceptors (Lipinski definition) is 3. The van der Waals surface area contributed by atoms with Crippen LogP contribution in [-0.4, -0.2) is 17.1 Å². The lowest BCUT2D eigenvalue weighted by molar-refractivity contribution is -0.115. The third kappa shape index (κ3) is 5.86. The summed E-state index contributed by atoms with van der Waals surface area (Å²) in [4.78, 5) is 25.7. The van der Waals surface area contributed by atoms with E-state index in [-0.39, 0.29) is 17.1 Å². The van der Waals surface area contributed by atoms with Gasteiger partial charge in [0, 0.05) is 26.9 Å². The zero-order valence-corrected chi connectivity index (χ0v) is 17.7. The molecule has 29 heavy (non-hydrogen) atoms. The fraction of sp³-hybridized carbons (Fsp3) is 0.130. The van der Waals surface area contributed by atoms with E-state index in [0.29, 0.717) is 16.3 Å². The third-order valence-electron chi connectivity index (χ3n) is 4.28. The van der Waals surface area contributed by atoms with Crippen molar-refractivity contribution in [1.82, 2.24) is 0 Å². The summed E-state index contributed by atoms with van der Waals surface area (Å²) in [6.07, 6.45) is 0. The lowest BCUT2D eigenvalue weighted by Gasteiger charge is -2.14. The molecular formula is C23H21ClN2O2S. The van der Waals surface area contributed by atoms with Crippen LogP contribution in [0.5, 0.6) is 0 Å². The molecule has 0 aliphatic rings. The number of nitrogens with one attached hydrogen (secondary N) is 2. The highest BCUT2D eigenvalue weighted by Crippen LogP contribution is 2.26. The van der Waals surface area contributed by atoms with Crippen molar-refractivity contribution < 1.29 is 9.59 Å². The quantitative estimate of drug-likeness (QED) is 0.475. The average Bonchev–Trinajstić information content (AvgIpc) is 2.71. The highest BCUT2D eigenvalue weighted by Gasteiger charge is 2.15. The van der Waals surface area contributed by atoms with Crippen LogP contribution in [0.1, 0.15) is 22.8 Å². The fourth-order valence-corrected chi connectivity index (χ4v) is 3.71. The van der Waals surface area contributed by atoms with Crippen LogP contribution in [0.4, 0.5) is 11.4 Å². The van der Waals surface area contributed by atoms with Gasteiger partial charge in [-0.15, -0.1) is 11.8 Å². The van der Waals surface area contributed by atoms with Crippen LogP contribution >= 0.6 is 23.4 Å². The number of rotatable bonds is 6. The maximum absolute atomic E-state index is 12.5. The van der Waals surface area contributed by atoms with E-state index in [1.54, 1.807) is 24.3 Å². The Morgan fingerprint density at radius 1 is 0.931 bits per heavy atom. The Kier molecular flexibility index (Phi) is 6.96. The molecule has 0 heterocycles. The number of thioether (sulfide) groups is 1. The molecule has 3 aromatic rings. The zero-order chi connectivity index (χ0) is 20.8. The summed E-state index contributed by atoms with van der Waals surface area (Å²) >= 11 is 7.39. The number of benzene rings is 3. The Balaban J connectivity index is 1.57. The summed E-state index contributed by atoms with van der Waals surface area (Å²) in [7, 11) is 0. The topological polar surface area (TPSA) is 58.2 Å². The Morgan fingerprint density at radius 3 is 2.34 bits per heavy atom. The van der Waals surface area contributed by atoms with E-state index in [9.17, 15) is 9.59 Å². The molecule has 0 aromatic heterocycles. The number of carbonyl (C=O) groups excluding carboxylic acids is 2. The molecule has 1 atom stereocenters. The number of carbonyl (C=O) groups is 2. The summed E-state index contributed by atoms with van der Waals surface area (Å²) < 4.78 is 0. The summed E-state index contributed by atoms with van der Waals surface area (Å²) in [5.74, 6) is -0.276. The molecule has 0 aliphatic carbocycles. The van der Waals surface area contributed by atoms with Gasteiger partial charge in [-0.1, -0.05) is 35.9 Å². The van der Waals surface area contributed by atoms with Crippen molar-refractivity contribution >= 4 is 46.6 Å². The molecule has 0 aliphatic heterocycles. The monoisotopic (exact) mass is 424 g/mol. The minimum atomic E-state index is -0.262. The lowest BCUT2D eigenvalue weighted by atomic mass is 10.2. The SMILES string of the molecule is Cc1ccccc1NC(=O)C(C)Sc1ccc(NC(=O)c2cccc(Cl)c2)cc1. The molecule has 0 saturated heterocycles. The van der Waals surface area contributed by atoms with Crippen molar-refractivity contribution in [1.29, 1.82) is 0 Å². The summed E-state index contributed by atoms with van der Waals surface area (Å²) in [5.41, 5.74) is 3.02. The Morgan fingerprint density at radius 2 is 1.66 bits per heavy atom. The number of hydrogen-bond donors (Lipinski definition) is 2. The van der Waals surface area contributed by atoms with Crippen molar-refractivity contribution in [2.45, 2.75) is 24.0 Å². The molecule has 0 radical (unpaired) electrons. The second kappa shape index (κ2) is 9.63. The molecule has 0 fully saturated rings. The average molecular weight is 425 g/mol. The van der Waals surface area contributed by atoms with Crippen LogP contribution in [0.2, 0.25) is 5.02 Å². The van der Waals surface area contributed by atoms with Crippen LogP contribution in [0, 0.1) is 6.92 Å². The molecular weight excluding hydrogens is 404 g/mol. The van der Waals surface area contributed by atoms with Crippen LogP contribution in [-0.2, 0) is 4.79 Å². The Labute approximate surface area is 179 Å². The smallest absolute Gasteiger partial charge is 0.255 e. The molecule has 2 N–H and O–H groups in total. The van der Waals surface area contributed by atoms with Gasteiger partial charge in [-0.3, -0.25) is 9.59 Å². The molecule has 0 saturated carbocycles. The Hall–Kier alpha value is -2.76. The van der Waals surface area contributed by atoms with Gasteiger partial charge in [0.05, 0.1) is 5.25 Å². The minimum Gasteiger partial charge on any atom is -0.325 e. The number of halogens is 1. The van der Waals surface area contributed by atoms with Crippen molar-refractivity contribution in [2.75, 3.05) is 10.6 Å². The molecule has 0 spiro atoms. The van der Waals surface area contributed by atoms with Gasteiger partial charge in [0.1, 0.15) is 0 Å². The molecule has 2 amide bonds. The van der Waals surface area contributed by atoms with Crippen molar-refractivity contribution in [2.24, 2.45) is 0 Å². The van der Waals surface area contributed by atoms with E-state index >= 15 is 0 Å². The van der Waals surface area contributed by atoms with Gasteiger partial charge in [-0.25, -0.2) is 0 Å². The van der Waals surface area contributed by atoms with Crippen molar-refractivity contribution in [3.63, 3.8) is 0 Å². The highest BCUT2D eigenvalue weighted by molar-refractivity contribution is 8.00. The molecule has 0 bridgehead atoms. The summed E-state index contributed by atoms with van der Waals surface area (Å²) in [6, 6.07) is 21.9. The van der Waals surface area contributed by atoms with Crippen LogP contribution in [0.15, 0.2) is 77.7 Å². The van der Waals surface area contributed by atoms with E-state index in [4.69, 9.17) is 11.6 Å². The molecule has 148 valence electrons. The molecule has 3 rings (SSSR count). The molecule has 1 unspecified atom stereocenters. The normalized spacial score (nSPS) is 11.6. The fourth-order valence-electron chi connectivity index (χ4n) is 2.65. The number of aryl methyl sites for hydroxylation is 1. The summed E-state index contributed by atoms with van der Waals surface area (Å²) in [6.45, 7) is 3.83. The molecule has 4 nitrogen and oxygen atoms in total. The second-order valence-electron chi connectivity index (χ2n) is 6.55. The van der Waals surface area contributed by atoms with Gasteiger partial charge < -0.3 is 10.6 Å². The number of anilines is 2. The van der Waals surface area contributed by atoms with Crippen LogP contribution < -0.4 is 10.6 Å². The van der Waals surface area contributed by atoms with E-state index in [1.165, 1.54) is 11.8 Å². The highest BCUT2D eigenvalue weighted by atomic mass is 35.5. The first-order valence-electron chi connectivity index (χ1n) is 9.12. The van der Waals surface area contributed by atoms with Gasteiger partial charge in [0.15, 0.2) is 0 Å². The second-order valence-corrected chi connectivity index (χ2v) is 8.40. The van der Waals surface area contributed by atoms with Gasteiger partial charge >= 0.3 is 0 Å². The Bertz CT molecular complexity index is 1020. The molecule has 6 heteroatoms. The van der Waals surface area contributed by atoms with Crippen LogP contribution in [0.3, 0.4) is 0 Å². The largest absolute Gasteiger partial charge is 0.325 e. The standard InChI is InChI=1S/C23H21ClN2O2S/c1-15-6-3-4-9-21(15)26-22(27)16(2)29-20-12-10-19(11-13-20)25-23(28)17-7-5-8-18(24)14-17/h3-14,16H,1-2H3,(H,25,28)(H,26,27). The predicted octanol–water partition coefficient (Wildman–Crippen LogP) is 6.02. The van der Waals surface area contributed by atoms with Gasteiger partial charge in [0.2, 0.25) is 5.91 Å². The van der Waals surface area contributed by atoms with Crippen LogP contribution in [0.25, 0.3) is 0 Å². The summed E-state index contributed by atoms with van der Waals surface area (Å²) in [5, 5.41) is 6.06. The van der Waals surface area contributed by atoms with E-state index in [0.717, 1.165) is 16.1 Å². The van der Waals surface area contributed by atoms with E-state index < -0.39 is 0 Å². The van der Waals surface area contributed by atoms with Gasteiger partial charge in [-0.05, 0) is 67.9 Å². The van der Waals surface area contributed by atoms with Crippen molar-refractivity contribution in [3.8, 4) is 0 Å². The van der Waals surface area contributed by atoms with E-state index in [2.05, 4.69) is 10.6 Å². The predicted molar refractivity (Wildman–Crippen MR) is 121 cm³/mol. The van der Waals surface area contributed by atoms with Gasteiger partial charge in [-0.2, -0.15) is 0 Å². The number of para-hydroxylation sites is 1. The third-order valence-corrected chi connectivity index (χ3v) is 5.63. The first kappa shape index (κ1) is 21.0. The van der Waals surface area contributed by atoms with Gasteiger partial charge in [0.25, 0.3) is 5.91 Å². The lowest BCUT2D eigenvalue weighted by Crippen LogP contribution is -2.22. The van der Waals surface area contributed by atoms with Crippen molar-refractivity contribution in [3.05, 3.63) is 88.9 Å². The first-order chi connectivity index (χ1) is 13.9.